The number of nitrogens with one attached hydrogen (secondary N) is 1. The van der Waals surface area contributed by atoms with Crippen LogP contribution in [0.1, 0.15) is 41.0 Å². The fourth-order valence-corrected chi connectivity index (χ4v) is 1.36. The highest BCUT2D eigenvalue weighted by Gasteiger charge is 2.25. The molecule has 0 spiro atoms. The minimum atomic E-state index is -0.773. The number of amides is 1. The SMILES string of the molecule is CCC(NC(C)=O)C(=O)OC(C)C(=O)C(C)C. The summed E-state index contributed by atoms with van der Waals surface area (Å²) in [6.07, 6.45) is -0.341. The van der Waals surface area contributed by atoms with Crippen LogP contribution >= 0.6 is 0 Å². The maximum atomic E-state index is 11.7. The predicted octanol–water partition coefficient (Wildman–Crippen LogP) is 1.06. The molecule has 1 amide bonds. The van der Waals surface area contributed by atoms with Crippen LogP contribution in [0.15, 0.2) is 0 Å². The third-order valence-electron chi connectivity index (χ3n) is 2.33. The summed E-state index contributed by atoms with van der Waals surface area (Å²) < 4.78 is 5.02. The Bertz CT molecular complexity index is 299. The number of hydrogen-bond donors (Lipinski definition) is 1. The van der Waals surface area contributed by atoms with Crippen molar-refractivity contribution >= 4 is 17.7 Å². The van der Waals surface area contributed by atoms with E-state index in [9.17, 15) is 14.4 Å². The highest BCUT2D eigenvalue weighted by Crippen LogP contribution is 2.05. The Hall–Kier alpha value is -1.39. The predicted molar refractivity (Wildman–Crippen MR) is 63.3 cm³/mol. The minimum absolute atomic E-state index is 0.129. The van der Waals surface area contributed by atoms with E-state index in [0.29, 0.717) is 6.42 Å². The van der Waals surface area contributed by atoms with Gasteiger partial charge < -0.3 is 10.1 Å². The van der Waals surface area contributed by atoms with Crippen LogP contribution in [0.3, 0.4) is 0 Å². The minimum Gasteiger partial charge on any atom is -0.453 e. The molecule has 0 fully saturated rings. The second kappa shape index (κ2) is 7.04. The zero-order valence-corrected chi connectivity index (χ0v) is 11.1. The van der Waals surface area contributed by atoms with Gasteiger partial charge in [-0.3, -0.25) is 9.59 Å². The molecule has 0 aromatic heterocycles. The van der Waals surface area contributed by atoms with Crippen LogP contribution in [0.25, 0.3) is 0 Å². The van der Waals surface area contributed by atoms with Gasteiger partial charge in [0.05, 0.1) is 0 Å². The molecule has 0 radical (unpaired) electrons. The highest BCUT2D eigenvalue weighted by molar-refractivity contribution is 5.88. The lowest BCUT2D eigenvalue weighted by Crippen LogP contribution is -2.42. The normalized spacial score (nSPS) is 14.0. The molecule has 98 valence electrons. The molecule has 0 rings (SSSR count). The van der Waals surface area contributed by atoms with Gasteiger partial charge in [-0.25, -0.2) is 4.79 Å². The van der Waals surface area contributed by atoms with Gasteiger partial charge in [-0.2, -0.15) is 0 Å². The van der Waals surface area contributed by atoms with E-state index in [1.807, 2.05) is 0 Å². The van der Waals surface area contributed by atoms with E-state index in [-0.39, 0.29) is 17.6 Å². The lowest BCUT2D eigenvalue weighted by molar-refractivity contribution is -0.157. The largest absolute Gasteiger partial charge is 0.453 e. The van der Waals surface area contributed by atoms with E-state index >= 15 is 0 Å². The van der Waals surface area contributed by atoms with E-state index in [2.05, 4.69) is 5.32 Å². The number of hydrogen-bond acceptors (Lipinski definition) is 4. The Balaban J connectivity index is 4.40. The summed E-state index contributed by atoms with van der Waals surface area (Å²) >= 11 is 0. The summed E-state index contributed by atoms with van der Waals surface area (Å²) in [5.41, 5.74) is 0. The Morgan fingerprint density at radius 3 is 2.06 bits per heavy atom. The zero-order chi connectivity index (χ0) is 13.6. The van der Waals surface area contributed by atoms with Crippen LogP contribution in [-0.2, 0) is 19.1 Å². The number of carbonyl (C=O) groups excluding carboxylic acids is 3. The highest BCUT2D eigenvalue weighted by atomic mass is 16.5. The number of esters is 1. The second-order valence-corrected chi connectivity index (χ2v) is 4.30. The number of ketones is 1. The fraction of sp³-hybridized carbons (Fsp3) is 0.750. The van der Waals surface area contributed by atoms with Gasteiger partial charge in [-0.05, 0) is 13.3 Å². The molecule has 0 aliphatic carbocycles. The lowest BCUT2D eigenvalue weighted by Gasteiger charge is -2.19. The maximum absolute atomic E-state index is 11.7. The summed E-state index contributed by atoms with van der Waals surface area (Å²) in [6, 6.07) is -0.685. The molecule has 17 heavy (non-hydrogen) atoms. The molecule has 0 saturated carbocycles. The van der Waals surface area contributed by atoms with Crippen molar-refractivity contribution in [3.8, 4) is 0 Å². The summed E-state index contributed by atoms with van der Waals surface area (Å²) in [5, 5.41) is 2.48. The fourth-order valence-electron chi connectivity index (χ4n) is 1.36. The number of rotatable bonds is 6. The zero-order valence-electron chi connectivity index (χ0n) is 11.1. The summed E-state index contributed by atoms with van der Waals surface area (Å²) in [4.78, 5) is 34.1. The second-order valence-electron chi connectivity index (χ2n) is 4.30. The van der Waals surface area contributed by atoms with Crippen LogP contribution in [0, 0.1) is 5.92 Å². The molecule has 2 unspecified atom stereocenters. The third kappa shape index (κ3) is 5.47. The summed E-state index contributed by atoms with van der Waals surface area (Å²) in [6.45, 7) is 8.13. The Labute approximate surface area is 102 Å². The monoisotopic (exact) mass is 243 g/mol. The van der Waals surface area contributed by atoms with Crippen LogP contribution in [0.4, 0.5) is 0 Å². The topological polar surface area (TPSA) is 72.5 Å². The van der Waals surface area contributed by atoms with Crippen molar-refractivity contribution in [2.24, 2.45) is 5.92 Å². The van der Waals surface area contributed by atoms with Gasteiger partial charge in [-0.15, -0.1) is 0 Å². The van der Waals surface area contributed by atoms with Crippen molar-refractivity contribution in [3.05, 3.63) is 0 Å². The molecule has 0 aromatic rings. The van der Waals surface area contributed by atoms with Crippen LogP contribution in [-0.4, -0.2) is 29.8 Å². The average Bonchev–Trinajstić information content (AvgIpc) is 2.23. The van der Waals surface area contributed by atoms with Crippen LogP contribution < -0.4 is 5.32 Å². The van der Waals surface area contributed by atoms with Crippen molar-refractivity contribution in [3.63, 3.8) is 0 Å². The molecular weight excluding hydrogens is 222 g/mol. The lowest BCUT2D eigenvalue weighted by atomic mass is 10.1. The van der Waals surface area contributed by atoms with E-state index in [4.69, 9.17) is 4.74 Å². The van der Waals surface area contributed by atoms with Gasteiger partial charge in [0.25, 0.3) is 0 Å². The van der Waals surface area contributed by atoms with E-state index < -0.39 is 18.1 Å². The van der Waals surface area contributed by atoms with E-state index in [0.717, 1.165) is 0 Å². The quantitative estimate of drug-likeness (QED) is 0.708. The first kappa shape index (κ1) is 15.6. The summed E-state index contributed by atoms with van der Waals surface area (Å²) in [7, 11) is 0. The van der Waals surface area contributed by atoms with Crippen molar-refractivity contribution in [2.75, 3.05) is 0 Å². The first-order valence-electron chi connectivity index (χ1n) is 5.80. The first-order valence-corrected chi connectivity index (χ1v) is 5.80. The molecule has 0 aliphatic heterocycles. The van der Waals surface area contributed by atoms with E-state index in [1.165, 1.54) is 6.92 Å². The van der Waals surface area contributed by atoms with Crippen molar-refractivity contribution in [1.29, 1.82) is 0 Å². The number of ether oxygens (including phenoxy) is 1. The van der Waals surface area contributed by atoms with Crippen molar-refractivity contribution in [2.45, 2.75) is 53.2 Å². The molecule has 0 bridgehead atoms. The molecule has 0 saturated heterocycles. The van der Waals surface area contributed by atoms with Gasteiger partial charge in [0.15, 0.2) is 11.9 Å². The number of carbonyl (C=O) groups is 3. The third-order valence-corrected chi connectivity index (χ3v) is 2.33. The molecule has 2 atom stereocenters. The Morgan fingerprint density at radius 2 is 1.71 bits per heavy atom. The van der Waals surface area contributed by atoms with E-state index in [1.54, 1.807) is 27.7 Å². The van der Waals surface area contributed by atoms with Gasteiger partial charge in [0.1, 0.15) is 6.04 Å². The molecule has 5 heteroatoms. The molecule has 5 nitrogen and oxygen atoms in total. The summed E-state index contributed by atoms with van der Waals surface area (Å²) in [5.74, 6) is -1.17. The maximum Gasteiger partial charge on any atom is 0.329 e. The average molecular weight is 243 g/mol. The standard InChI is InChI=1S/C12H21NO4/c1-6-10(13-9(5)14)12(16)17-8(4)11(15)7(2)3/h7-8,10H,6H2,1-5H3,(H,13,14). The molecule has 0 aromatic carbocycles. The van der Waals surface area contributed by atoms with Gasteiger partial charge >= 0.3 is 5.97 Å². The van der Waals surface area contributed by atoms with Gasteiger partial charge in [0.2, 0.25) is 5.91 Å². The molecule has 0 aliphatic rings. The van der Waals surface area contributed by atoms with Crippen LogP contribution in [0.2, 0.25) is 0 Å². The molecule has 0 heterocycles. The molecule has 1 N–H and O–H groups in total. The molecular formula is C12H21NO4. The van der Waals surface area contributed by atoms with Crippen LogP contribution in [0.5, 0.6) is 0 Å². The van der Waals surface area contributed by atoms with Gasteiger partial charge in [-0.1, -0.05) is 20.8 Å². The van der Waals surface area contributed by atoms with Crippen molar-refractivity contribution < 1.29 is 19.1 Å². The number of Topliss-reactive ketones (excluding diaryl/α,β-unsaturated/α-hetero) is 1. The van der Waals surface area contributed by atoms with Crippen molar-refractivity contribution in [1.82, 2.24) is 5.32 Å². The Kier molecular flexibility index (Phi) is 6.46. The smallest absolute Gasteiger partial charge is 0.329 e. The first-order chi connectivity index (χ1) is 7.79. The Morgan fingerprint density at radius 1 is 1.18 bits per heavy atom. The van der Waals surface area contributed by atoms with Gasteiger partial charge in [0, 0.05) is 12.8 Å².